The van der Waals surface area contributed by atoms with Crippen LogP contribution in [0.25, 0.3) is 0 Å². The van der Waals surface area contributed by atoms with E-state index in [4.69, 9.17) is 9.57 Å². The number of oxime groups is 1. The summed E-state index contributed by atoms with van der Waals surface area (Å²) >= 11 is 0. The van der Waals surface area contributed by atoms with Crippen LogP contribution in [-0.4, -0.2) is 44.2 Å². The van der Waals surface area contributed by atoms with Crippen LogP contribution in [0, 0.1) is 11.8 Å². The molecular weight excluding hydrogens is 246 g/mol. The minimum atomic E-state index is -0.854. The zero-order valence-corrected chi connectivity index (χ0v) is 12.6. The molecular formula is C13H25N3O3. The number of rotatable bonds is 6. The van der Waals surface area contributed by atoms with Gasteiger partial charge < -0.3 is 20.2 Å². The standard InChI is InChI=1S/C13H25N3O3/c1-8(2)10(14-5)7-15-12(17)11-9(3)13(4,18-6)19-16-11/h8-10,14H,7H2,1-6H3,(H,15,17). The van der Waals surface area contributed by atoms with Gasteiger partial charge in [-0.25, -0.2) is 0 Å². The van der Waals surface area contributed by atoms with Crippen LogP contribution in [-0.2, 0) is 14.4 Å². The largest absolute Gasteiger partial charge is 0.359 e. The summed E-state index contributed by atoms with van der Waals surface area (Å²) in [6.45, 7) is 8.41. The summed E-state index contributed by atoms with van der Waals surface area (Å²) in [5, 5.41) is 9.91. The first kappa shape index (κ1) is 15.9. The number of carbonyl (C=O) groups is 1. The van der Waals surface area contributed by atoms with E-state index in [-0.39, 0.29) is 17.9 Å². The first-order valence-corrected chi connectivity index (χ1v) is 6.62. The van der Waals surface area contributed by atoms with E-state index in [1.165, 1.54) is 0 Å². The van der Waals surface area contributed by atoms with Crippen LogP contribution < -0.4 is 10.6 Å². The highest BCUT2D eigenvalue weighted by atomic mass is 16.8. The Morgan fingerprint density at radius 3 is 2.63 bits per heavy atom. The molecule has 0 saturated heterocycles. The highest BCUT2D eigenvalue weighted by Gasteiger charge is 2.45. The number of amides is 1. The summed E-state index contributed by atoms with van der Waals surface area (Å²) in [4.78, 5) is 17.3. The molecule has 0 bridgehead atoms. The van der Waals surface area contributed by atoms with Gasteiger partial charge in [-0.2, -0.15) is 0 Å². The Morgan fingerprint density at radius 1 is 1.58 bits per heavy atom. The highest BCUT2D eigenvalue weighted by Crippen LogP contribution is 2.30. The van der Waals surface area contributed by atoms with E-state index < -0.39 is 5.79 Å². The van der Waals surface area contributed by atoms with Gasteiger partial charge in [-0.3, -0.25) is 4.79 Å². The maximum atomic E-state index is 12.1. The van der Waals surface area contributed by atoms with Crippen LogP contribution >= 0.6 is 0 Å². The van der Waals surface area contributed by atoms with E-state index in [1.807, 2.05) is 14.0 Å². The lowest BCUT2D eigenvalue weighted by Gasteiger charge is -2.25. The van der Waals surface area contributed by atoms with E-state index >= 15 is 0 Å². The molecule has 0 aliphatic carbocycles. The Hall–Kier alpha value is -1.14. The van der Waals surface area contributed by atoms with E-state index in [2.05, 4.69) is 29.6 Å². The molecule has 1 aliphatic rings. The number of hydrogen-bond donors (Lipinski definition) is 2. The van der Waals surface area contributed by atoms with Gasteiger partial charge in [0.15, 0.2) is 5.71 Å². The number of carbonyl (C=O) groups excluding carboxylic acids is 1. The molecule has 1 rings (SSSR count). The number of likely N-dealkylation sites (N-methyl/N-ethyl adjacent to an activating group) is 1. The summed E-state index contributed by atoms with van der Waals surface area (Å²) in [5.74, 6) is -0.819. The molecule has 1 amide bonds. The summed E-state index contributed by atoms with van der Waals surface area (Å²) < 4.78 is 5.25. The Balaban J connectivity index is 2.56. The van der Waals surface area contributed by atoms with Crippen molar-refractivity contribution in [2.24, 2.45) is 17.0 Å². The van der Waals surface area contributed by atoms with Gasteiger partial charge in [-0.05, 0) is 13.0 Å². The fraction of sp³-hybridized carbons (Fsp3) is 0.846. The van der Waals surface area contributed by atoms with Crippen LogP contribution in [0.4, 0.5) is 0 Å². The van der Waals surface area contributed by atoms with Crippen molar-refractivity contribution < 1.29 is 14.4 Å². The second-order valence-electron chi connectivity index (χ2n) is 5.36. The molecule has 0 aromatic carbocycles. The van der Waals surface area contributed by atoms with Gasteiger partial charge in [0.25, 0.3) is 5.91 Å². The molecule has 110 valence electrons. The van der Waals surface area contributed by atoms with E-state index in [1.54, 1.807) is 14.0 Å². The van der Waals surface area contributed by atoms with Crippen LogP contribution in [0.2, 0.25) is 0 Å². The van der Waals surface area contributed by atoms with Gasteiger partial charge in [0, 0.05) is 26.6 Å². The van der Waals surface area contributed by atoms with Crippen molar-refractivity contribution in [1.82, 2.24) is 10.6 Å². The minimum absolute atomic E-state index is 0.200. The number of ether oxygens (including phenoxy) is 1. The second kappa shape index (κ2) is 6.34. The topological polar surface area (TPSA) is 72.0 Å². The summed E-state index contributed by atoms with van der Waals surface area (Å²) in [6, 6.07) is 0.232. The fourth-order valence-electron chi connectivity index (χ4n) is 1.96. The van der Waals surface area contributed by atoms with E-state index in [9.17, 15) is 4.79 Å². The van der Waals surface area contributed by atoms with Gasteiger partial charge in [0.1, 0.15) is 0 Å². The van der Waals surface area contributed by atoms with Gasteiger partial charge in [0.05, 0.1) is 5.92 Å². The van der Waals surface area contributed by atoms with Crippen LogP contribution in [0.15, 0.2) is 5.16 Å². The van der Waals surface area contributed by atoms with E-state index in [0.717, 1.165) is 0 Å². The summed E-state index contributed by atoms with van der Waals surface area (Å²) in [7, 11) is 3.43. The van der Waals surface area contributed by atoms with Gasteiger partial charge >= 0.3 is 0 Å². The minimum Gasteiger partial charge on any atom is -0.359 e. The monoisotopic (exact) mass is 271 g/mol. The molecule has 3 atom stereocenters. The molecule has 0 radical (unpaired) electrons. The van der Waals surface area contributed by atoms with E-state index in [0.29, 0.717) is 18.2 Å². The van der Waals surface area contributed by atoms with Gasteiger partial charge in [0.2, 0.25) is 5.79 Å². The lowest BCUT2D eigenvalue weighted by molar-refractivity contribution is -0.211. The van der Waals surface area contributed by atoms with Crippen molar-refractivity contribution in [1.29, 1.82) is 0 Å². The van der Waals surface area contributed by atoms with Crippen molar-refractivity contribution in [3.05, 3.63) is 0 Å². The fourth-order valence-corrected chi connectivity index (χ4v) is 1.96. The molecule has 0 aromatic heterocycles. The maximum absolute atomic E-state index is 12.1. The normalized spacial score (nSPS) is 27.9. The predicted octanol–water partition coefficient (Wildman–Crippen LogP) is 0.732. The van der Waals surface area contributed by atoms with Crippen LogP contribution in [0.5, 0.6) is 0 Å². The smallest absolute Gasteiger partial charge is 0.269 e. The number of hydrogen-bond acceptors (Lipinski definition) is 5. The number of nitrogens with zero attached hydrogens (tertiary/aromatic N) is 1. The molecule has 19 heavy (non-hydrogen) atoms. The quantitative estimate of drug-likeness (QED) is 0.747. The third-order valence-electron chi connectivity index (χ3n) is 3.82. The van der Waals surface area contributed by atoms with Crippen molar-refractivity contribution in [3.63, 3.8) is 0 Å². The van der Waals surface area contributed by atoms with Gasteiger partial charge in [-0.1, -0.05) is 25.9 Å². The van der Waals surface area contributed by atoms with Crippen molar-refractivity contribution in [3.8, 4) is 0 Å². The zero-order chi connectivity index (χ0) is 14.6. The third-order valence-corrected chi connectivity index (χ3v) is 3.82. The lowest BCUT2D eigenvalue weighted by Crippen LogP contribution is -2.46. The maximum Gasteiger partial charge on any atom is 0.269 e. The molecule has 1 aliphatic heterocycles. The molecule has 0 fully saturated rings. The average Bonchev–Trinajstić information content (AvgIpc) is 2.67. The Labute approximate surface area is 114 Å². The first-order chi connectivity index (χ1) is 8.85. The molecule has 0 saturated carbocycles. The van der Waals surface area contributed by atoms with Crippen LogP contribution in [0.3, 0.4) is 0 Å². The highest BCUT2D eigenvalue weighted by molar-refractivity contribution is 6.40. The summed E-state index contributed by atoms with van der Waals surface area (Å²) in [6.07, 6.45) is 0. The Kier molecular flexibility index (Phi) is 5.31. The SMILES string of the molecule is CNC(CNC(=O)C1=NOC(C)(OC)C1C)C(C)C. The molecule has 0 aromatic rings. The molecule has 1 heterocycles. The van der Waals surface area contributed by atoms with Crippen LogP contribution in [0.1, 0.15) is 27.7 Å². The van der Waals surface area contributed by atoms with Crippen molar-refractivity contribution in [2.75, 3.05) is 20.7 Å². The summed E-state index contributed by atoms with van der Waals surface area (Å²) in [5.41, 5.74) is 0.378. The molecule has 3 unspecified atom stereocenters. The predicted molar refractivity (Wildman–Crippen MR) is 73.8 cm³/mol. The van der Waals surface area contributed by atoms with Gasteiger partial charge in [-0.15, -0.1) is 0 Å². The molecule has 6 nitrogen and oxygen atoms in total. The van der Waals surface area contributed by atoms with Crippen molar-refractivity contribution >= 4 is 11.6 Å². The van der Waals surface area contributed by atoms with Crippen molar-refractivity contribution in [2.45, 2.75) is 39.5 Å². The molecule has 0 spiro atoms. The first-order valence-electron chi connectivity index (χ1n) is 6.62. The Morgan fingerprint density at radius 2 is 2.21 bits per heavy atom. The molecule has 2 N–H and O–H groups in total. The Bertz CT molecular complexity index is 357. The third kappa shape index (κ3) is 3.45. The number of methoxy groups -OCH3 is 1. The molecule has 6 heteroatoms. The zero-order valence-electron chi connectivity index (χ0n) is 12.6. The average molecular weight is 271 g/mol. The number of nitrogens with one attached hydrogen (secondary N) is 2. The second-order valence-corrected chi connectivity index (χ2v) is 5.36. The lowest BCUT2D eigenvalue weighted by atomic mass is 9.96.